The lowest BCUT2D eigenvalue weighted by molar-refractivity contribution is 0.883. The minimum atomic E-state index is -2.04. The summed E-state index contributed by atoms with van der Waals surface area (Å²) in [6, 6.07) is 42.9. The number of nitrogens with zero attached hydrogens (tertiary/aromatic N) is 1. The van der Waals surface area contributed by atoms with Crippen LogP contribution in [0.1, 0.15) is 25.8 Å². The Bertz CT molecular complexity index is 1100. The zero-order valence-electron chi connectivity index (χ0n) is 19.2. The summed E-state index contributed by atoms with van der Waals surface area (Å²) in [5.41, 5.74) is 6.61. The Morgan fingerprint density at radius 3 is 1.45 bits per heavy atom. The number of allylic oxidation sites excluding steroid dienone is 1. The van der Waals surface area contributed by atoms with Crippen LogP contribution in [-0.2, 0) is 0 Å². The first-order valence-electron chi connectivity index (χ1n) is 11.4. The van der Waals surface area contributed by atoms with Crippen molar-refractivity contribution >= 4 is 28.9 Å². The lowest BCUT2D eigenvalue weighted by Gasteiger charge is -2.24. The Morgan fingerprint density at radius 2 is 1.06 bits per heavy atom. The van der Waals surface area contributed by atoms with Crippen molar-refractivity contribution in [2.45, 2.75) is 20.3 Å². The van der Waals surface area contributed by atoms with E-state index in [-0.39, 0.29) is 0 Å². The highest BCUT2D eigenvalue weighted by Crippen LogP contribution is 2.57. The smallest absolute Gasteiger partial charge is 0.138 e. The van der Waals surface area contributed by atoms with Gasteiger partial charge in [0.25, 0.3) is 0 Å². The molecular formula is C30H30N2P+. The predicted octanol–water partition coefficient (Wildman–Crippen LogP) is 6.25. The van der Waals surface area contributed by atoms with Gasteiger partial charge in [0.2, 0.25) is 0 Å². The number of hydrogen-bond acceptors (Lipinski definition) is 2. The van der Waals surface area contributed by atoms with Crippen LogP contribution in [0, 0.1) is 0 Å². The van der Waals surface area contributed by atoms with Crippen LogP contribution < -0.4 is 21.3 Å². The molecule has 4 aromatic rings. The Balaban J connectivity index is 1.84. The summed E-state index contributed by atoms with van der Waals surface area (Å²) in [5.74, 6) is 2.41. The topological polar surface area (TPSA) is 24.4 Å². The van der Waals surface area contributed by atoms with Crippen molar-refractivity contribution < 1.29 is 0 Å². The van der Waals surface area contributed by atoms with Gasteiger partial charge in [-0.3, -0.25) is 5.43 Å². The number of hydrogen-bond donors (Lipinski definition) is 1. The standard InChI is InChI=1S/C30H30N2P/c1-3-30(26-16-8-4-9-17-26)32-31-25(2)24-33(27-18-10-5-11-19-27,28-20-12-6-13-21-28)29-22-14-7-15-23-29/h4-24,31H,3H2,1-2H3/q+1/b25-24+,32-30+. The fraction of sp³-hybridized carbons (Fsp3) is 0.100. The van der Waals surface area contributed by atoms with E-state index >= 15 is 0 Å². The van der Waals surface area contributed by atoms with Crippen LogP contribution in [0.5, 0.6) is 0 Å². The summed E-state index contributed by atoms with van der Waals surface area (Å²) >= 11 is 0. The van der Waals surface area contributed by atoms with Crippen molar-refractivity contribution in [3.8, 4) is 0 Å². The molecule has 4 aromatic carbocycles. The number of hydrazone groups is 1. The van der Waals surface area contributed by atoms with E-state index in [0.717, 1.165) is 23.4 Å². The van der Waals surface area contributed by atoms with E-state index in [1.807, 2.05) is 6.07 Å². The molecule has 1 N–H and O–H groups in total. The van der Waals surface area contributed by atoms with Gasteiger partial charge in [0.15, 0.2) is 0 Å². The first kappa shape index (κ1) is 22.7. The highest BCUT2D eigenvalue weighted by Gasteiger charge is 2.43. The molecule has 0 atom stereocenters. The molecule has 0 aliphatic carbocycles. The van der Waals surface area contributed by atoms with Crippen LogP contribution in [0.3, 0.4) is 0 Å². The second-order valence-corrected chi connectivity index (χ2v) is 11.2. The quantitative estimate of drug-likeness (QED) is 0.192. The van der Waals surface area contributed by atoms with Crippen LogP contribution in [-0.4, -0.2) is 5.71 Å². The van der Waals surface area contributed by atoms with Gasteiger partial charge in [0.05, 0.1) is 17.2 Å². The third-order valence-electron chi connectivity index (χ3n) is 5.69. The zero-order chi connectivity index (χ0) is 22.9. The second-order valence-electron chi connectivity index (χ2n) is 7.93. The molecule has 0 radical (unpaired) electrons. The molecular weight excluding hydrogens is 419 g/mol. The largest absolute Gasteiger partial charge is 0.279 e. The molecule has 4 rings (SSSR count). The molecule has 0 heterocycles. The normalized spacial score (nSPS) is 12.4. The van der Waals surface area contributed by atoms with Gasteiger partial charge in [-0.1, -0.05) is 91.9 Å². The van der Waals surface area contributed by atoms with Crippen molar-refractivity contribution in [3.05, 3.63) is 138 Å². The molecule has 0 fully saturated rings. The van der Waals surface area contributed by atoms with Gasteiger partial charge in [-0.05, 0) is 55.3 Å². The minimum absolute atomic E-state index is 0.862. The summed E-state index contributed by atoms with van der Waals surface area (Å²) in [6.07, 6.45) is 0.862. The Morgan fingerprint density at radius 1 is 0.667 bits per heavy atom. The van der Waals surface area contributed by atoms with Crippen LogP contribution in [0.4, 0.5) is 0 Å². The van der Waals surface area contributed by atoms with E-state index in [4.69, 9.17) is 5.10 Å². The van der Waals surface area contributed by atoms with Crippen molar-refractivity contribution in [2.75, 3.05) is 0 Å². The first-order valence-corrected chi connectivity index (χ1v) is 13.2. The van der Waals surface area contributed by atoms with Crippen molar-refractivity contribution in [2.24, 2.45) is 5.10 Å². The first-order chi connectivity index (χ1) is 16.2. The molecule has 164 valence electrons. The van der Waals surface area contributed by atoms with Crippen molar-refractivity contribution in [3.63, 3.8) is 0 Å². The molecule has 3 heteroatoms. The summed E-state index contributed by atoms with van der Waals surface area (Å²) in [7, 11) is -2.04. The van der Waals surface area contributed by atoms with E-state index in [0.29, 0.717) is 0 Å². The zero-order valence-corrected chi connectivity index (χ0v) is 20.1. The van der Waals surface area contributed by atoms with Gasteiger partial charge in [0, 0.05) is 0 Å². The molecule has 0 aliphatic rings. The number of rotatable bonds is 8. The van der Waals surface area contributed by atoms with Crippen LogP contribution >= 0.6 is 7.26 Å². The van der Waals surface area contributed by atoms with E-state index in [2.05, 4.69) is 140 Å². The van der Waals surface area contributed by atoms with Gasteiger partial charge in [-0.15, -0.1) is 0 Å². The Kier molecular flexibility index (Phi) is 7.50. The third-order valence-corrected chi connectivity index (χ3v) is 9.80. The van der Waals surface area contributed by atoms with Gasteiger partial charge in [-0.2, -0.15) is 5.10 Å². The molecule has 0 saturated carbocycles. The van der Waals surface area contributed by atoms with E-state index in [1.54, 1.807) is 0 Å². The number of nitrogens with one attached hydrogen (secondary N) is 1. The molecule has 0 unspecified atom stereocenters. The lowest BCUT2D eigenvalue weighted by atomic mass is 10.1. The maximum Gasteiger partial charge on any atom is 0.138 e. The lowest BCUT2D eigenvalue weighted by Crippen LogP contribution is -2.30. The van der Waals surface area contributed by atoms with E-state index in [9.17, 15) is 0 Å². The predicted molar refractivity (Wildman–Crippen MR) is 145 cm³/mol. The monoisotopic (exact) mass is 449 g/mol. The minimum Gasteiger partial charge on any atom is -0.279 e. The van der Waals surface area contributed by atoms with Crippen LogP contribution in [0.25, 0.3) is 0 Å². The van der Waals surface area contributed by atoms with Gasteiger partial charge >= 0.3 is 0 Å². The molecule has 0 saturated heterocycles. The average molecular weight is 450 g/mol. The molecule has 33 heavy (non-hydrogen) atoms. The Hall–Kier alpha value is -3.48. The summed E-state index contributed by atoms with van der Waals surface area (Å²) in [4.78, 5) is 0. The van der Waals surface area contributed by atoms with Crippen molar-refractivity contribution in [1.82, 2.24) is 5.43 Å². The fourth-order valence-corrected chi connectivity index (χ4v) is 8.02. The maximum atomic E-state index is 4.79. The fourth-order valence-electron chi connectivity index (χ4n) is 4.11. The van der Waals surface area contributed by atoms with Gasteiger partial charge < -0.3 is 0 Å². The average Bonchev–Trinajstić information content (AvgIpc) is 2.90. The Labute approximate surface area is 198 Å². The third kappa shape index (κ3) is 5.13. The number of benzene rings is 4. The molecule has 0 aliphatic heterocycles. The van der Waals surface area contributed by atoms with Crippen LogP contribution in [0.2, 0.25) is 0 Å². The molecule has 0 aromatic heterocycles. The SMILES string of the molecule is CC/C(=N\N/C(C)=C/[P+](c1ccccc1)(c1ccccc1)c1ccccc1)c1ccccc1. The molecule has 0 spiro atoms. The molecule has 2 nitrogen and oxygen atoms in total. The van der Waals surface area contributed by atoms with Gasteiger partial charge in [-0.25, -0.2) is 0 Å². The highest BCUT2D eigenvalue weighted by molar-refractivity contribution is 7.98. The van der Waals surface area contributed by atoms with E-state index < -0.39 is 7.26 Å². The van der Waals surface area contributed by atoms with Crippen molar-refractivity contribution in [1.29, 1.82) is 0 Å². The molecule has 0 amide bonds. The van der Waals surface area contributed by atoms with Gasteiger partial charge in [0.1, 0.15) is 23.2 Å². The summed E-state index contributed by atoms with van der Waals surface area (Å²) < 4.78 is 0. The second kappa shape index (κ2) is 10.9. The summed E-state index contributed by atoms with van der Waals surface area (Å²) in [6.45, 7) is 4.26. The maximum absolute atomic E-state index is 4.79. The molecule has 0 bridgehead atoms. The summed E-state index contributed by atoms with van der Waals surface area (Å²) in [5, 5.41) is 8.77. The van der Waals surface area contributed by atoms with E-state index in [1.165, 1.54) is 15.9 Å². The highest BCUT2D eigenvalue weighted by atomic mass is 31.2. The van der Waals surface area contributed by atoms with Crippen LogP contribution in [0.15, 0.2) is 138 Å².